The molecule has 5 nitrogen and oxygen atoms in total. The van der Waals surface area contributed by atoms with E-state index in [1.807, 2.05) is 12.1 Å². The lowest BCUT2D eigenvalue weighted by Gasteiger charge is -1.97. The lowest BCUT2D eigenvalue weighted by Crippen LogP contribution is -2.18. The molecular weight excluding hydrogens is 216 g/mol. The molecule has 2 rings (SSSR count). The first-order valence-corrected chi connectivity index (χ1v) is 5.02. The second kappa shape index (κ2) is 5.50. The van der Waals surface area contributed by atoms with Gasteiger partial charge in [0.15, 0.2) is 0 Å². The second-order valence-corrected chi connectivity index (χ2v) is 3.17. The first-order valence-electron chi connectivity index (χ1n) is 5.02. The Morgan fingerprint density at radius 3 is 2.53 bits per heavy atom. The third-order valence-electron chi connectivity index (χ3n) is 1.95. The van der Waals surface area contributed by atoms with Crippen molar-refractivity contribution in [3.63, 3.8) is 0 Å². The van der Waals surface area contributed by atoms with Gasteiger partial charge in [0, 0.05) is 12.4 Å². The van der Waals surface area contributed by atoms with Crippen LogP contribution in [0.4, 0.5) is 0 Å². The highest BCUT2D eigenvalue weighted by Gasteiger charge is 2.03. The Hall–Kier alpha value is -2.56. The molecule has 1 N–H and O–H groups in total. The van der Waals surface area contributed by atoms with Crippen LogP contribution in [-0.2, 0) is 0 Å². The summed E-state index contributed by atoms with van der Waals surface area (Å²) in [5.74, 6) is -0.349. The van der Waals surface area contributed by atoms with Crippen molar-refractivity contribution in [3.8, 4) is 0 Å². The quantitative estimate of drug-likeness (QED) is 0.632. The van der Waals surface area contributed by atoms with E-state index < -0.39 is 0 Å². The zero-order valence-electron chi connectivity index (χ0n) is 8.95. The first kappa shape index (κ1) is 10.9. The smallest absolute Gasteiger partial charge is 0.266 e. The van der Waals surface area contributed by atoms with E-state index in [9.17, 15) is 4.79 Å². The highest BCUT2D eigenvalue weighted by molar-refractivity contribution is 5.92. The number of amides is 1. The molecule has 0 radical (unpaired) electrons. The number of carbonyl (C=O) groups excluding carboxylic acids is 1. The molecule has 0 spiro atoms. The van der Waals surface area contributed by atoms with Crippen molar-refractivity contribution in [1.29, 1.82) is 0 Å². The molecule has 0 saturated heterocycles. The van der Waals surface area contributed by atoms with E-state index >= 15 is 0 Å². The van der Waals surface area contributed by atoms with Gasteiger partial charge in [-0.2, -0.15) is 5.10 Å². The van der Waals surface area contributed by atoms with Gasteiger partial charge in [-0.3, -0.25) is 14.8 Å². The number of carbonyl (C=O) groups is 1. The third kappa shape index (κ3) is 3.20. The van der Waals surface area contributed by atoms with Crippen molar-refractivity contribution in [2.45, 2.75) is 0 Å². The molecule has 0 aliphatic heterocycles. The third-order valence-corrected chi connectivity index (χ3v) is 1.95. The Bertz CT molecular complexity index is 511. The molecule has 84 valence electrons. The minimum absolute atomic E-state index is 0.325. The maximum absolute atomic E-state index is 11.5. The number of aromatic nitrogens is 2. The van der Waals surface area contributed by atoms with Crippen molar-refractivity contribution in [2.75, 3.05) is 0 Å². The minimum Gasteiger partial charge on any atom is -0.266 e. The van der Waals surface area contributed by atoms with Crippen molar-refractivity contribution in [1.82, 2.24) is 15.4 Å². The van der Waals surface area contributed by atoms with Crippen LogP contribution in [-0.4, -0.2) is 22.1 Å². The second-order valence-electron chi connectivity index (χ2n) is 3.17. The Labute approximate surface area is 98.2 Å². The number of hydrazone groups is 1. The van der Waals surface area contributed by atoms with E-state index in [4.69, 9.17) is 0 Å². The topological polar surface area (TPSA) is 67.2 Å². The van der Waals surface area contributed by atoms with Crippen molar-refractivity contribution in [3.05, 3.63) is 60.2 Å². The standard InChI is InChI=1S/C12H10N4O/c17-12(11-6-2-4-8-14-11)16-15-9-10-5-1-3-7-13-10/h1-9H,(H,16,17)/b15-9+. The zero-order chi connectivity index (χ0) is 11.9. The molecule has 2 heterocycles. The van der Waals surface area contributed by atoms with Crippen molar-refractivity contribution >= 4 is 12.1 Å². The molecule has 5 heteroatoms. The fraction of sp³-hybridized carbons (Fsp3) is 0. The van der Waals surface area contributed by atoms with Gasteiger partial charge >= 0.3 is 0 Å². The maximum Gasteiger partial charge on any atom is 0.289 e. The fourth-order valence-corrected chi connectivity index (χ4v) is 1.16. The minimum atomic E-state index is -0.349. The number of hydrogen-bond acceptors (Lipinski definition) is 4. The Balaban J connectivity index is 1.95. The predicted octanol–water partition coefficient (Wildman–Crippen LogP) is 1.24. The van der Waals surface area contributed by atoms with E-state index in [1.165, 1.54) is 6.21 Å². The summed E-state index contributed by atoms with van der Waals surface area (Å²) in [4.78, 5) is 19.5. The molecule has 1 amide bonds. The maximum atomic E-state index is 11.5. The van der Waals surface area contributed by atoms with Crippen LogP contribution in [0.25, 0.3) is 0 Å². The summed E-state index contributed by atoms with van der Waals surface area (Å²) in [6.07, 6.45) is 4.68. The van der Waals surface area contributed by atoms with Crippen molar-refractivity contribution < 1.29 is 4.79 Å². The van der Waals surface area contributed by atoms with E-state index in [-0.39, 0.29) is 5.91 Å². The summed E-state index contributed by atoms with van der Waals surface area (Å²) >= 11 is 0. The number of rotatable bonds is 3. The average Bonchev–Trinajstić information content (AvgIpc) is 2.41. The normalized spacial score (nSPS) is 10.4. The van der Waals surface area contributed by atoms with Crippen LogP contribution < -0.4 is 5.43 Å². The number of hydrogen-bond donors (Lipinski definition) is 1. The lowest BCUT2D eigenvalue weighted by atomic mass is 10.3. The molecule has 0 bridgehead atoms. The molecule has 17 heavy (non-hydrogen) atoms. The van der Waals surface area contributed by atoms with Crippen LogP contribution in [0.5, 0.6) is 0 Å². The predicted molar refractivity (Wildman–Crippen MR) is 63.5 cm³/mol. The summed E-state index contributed by atoms with van der Waals surface area (Å²) in [5.41, 5.74) is 3.37. The number of pyridine rings is 2. The molecule has 0 unspecified atom stereocenters. The summed E-state index contributed by atoms with van der Waals surface area (Å²) < 4.78 is 0. The molecule has 0 aliphatic rings. The van der Waals surface area contributed by atoms with Gasteiger partial charge in [-0.15, -0.1) is 0 Å². The largest absolute Gasteiger partial charge is 0.289 e. The summed E-state index contributed by atoms with van der Waals surface area (Å²) in [6.45, 7) is 0. The van der Waals surface area contributed by atoms with Crippen LogP contribution in [0.3, 0.4) is 0 Å². The molecular formula is C12H10N4O. The van der Waals surface area contributed by atoms with Gasteiger partial charge in [-0.1, -0.05) is 12.1 Å². The van der Waals surface area contributed by atoms with Gasteiger partial charge in [0.05, 0.1) is 11.9 Å². The van der Waals surface area contributed by atoms with Gasteiger partial charge in [0.2, 0.25) is 0 Å². The molecule has 0 atom stereocenters. The van der Waals surface area contributed by atoms with E-state index in [1.54, 1.807) is 36.7 Å². The van der Waals surface area contributed by atoms with Crippen LogP contribution in [0, 0.1) is 0 Å². The number of nitrogens with zero attached hydrogens (tertiary/aromatic N) is 3. The Kier molecular flexibility index (Phi) is 3.54. The SMILES string of the molecule is O=C(N/N=C/c1ccccn1)c1ccccn1. The van der Waals surface area contributed by atoms with Gasteiger partial charge in [-0.05, 0) is 24.3 Å². The first-order chi connectivity index (χ1) is 8.36. The van der Waals surface area contributed by atoms with Crippen LogP contribution in [0.2, 0.25) is 0 Å². The van der Waals surface area contributed by atoms with Gasteiger partial charge in [-0.25, -0.2) is 5.43 Å². The van der Waals surface area contributed by atoms with Gasteiger partial charge < -0.3 is 0 Å². The molecule has 0 aliphatic carbocycles. The summed E-state index contributed by atoms with van der Waals surface area (Å²) in [5, 5.41) is 3.79. The van der Waals surface area contributed by atoms with E-state index in [0.29, 0.717) is 11.4 Å². The Morgan fingerprint density at radius 1 is 1.12 bits per heavy atom. The van der Waals surface area contributed by atoms with Crippen molar-refractivity contribution in [2.24, 2.45) is 5.10 Å². The molecule has 0 fully saturated rings. The molecule has 2 aromatic rings. The Morgan fingerprint density at radius 2 is 1.88 bits per heavy atom. The van der Waals surface area contributed by atoms with E-state index in [2.05, 4.69) is 20.5 Å². The highest BCUT2D eigenvalue weighted by Crippen LogP contribution is 1.92. The van der Waals surface area contributed by atoms with E-state index in [0.717, 1.165) is 0 Å². The number of nitrogens with one attached hydrogen (secondary N) is 1. The monoisotopic (exact) mass is 226 g/mol. The molecule has 2 aromatic heterocycles. The lowest BCUT2D eigenvalue weighted by molar-refractivity contribution is 0.0950. The molecule has 0 aromatic carbocycles. The molecule has 0 saturated carbocycles. The summed E-state index contributed by atoms with van der Waals surface area (Å²) in [6, 6.07) is 10.5. The van der Waals surface area contributed by atoms with Gasteiger partial charge in [0.25, 0.3) is 5.91 Å². The van der Waals surface area contributed by atoms with Crippen LogP contribution in [0.1, 0.15) is 16.2 Å². The highest BCUT2D eigenvalue weighted by atomic mass is 16.2. The van der Waals surface area contributed by atoms with Gasteiger partial charge in [0.1, 0.15) is 5.69 Å². The zero-order valence-corrected chi connectivity index (χ0v) is 8.95. The average molecular weight is 226 g/mol. The van der Waals surface area contributed by atoms with Crippen LogP contribution in [0.15, 0.2) is 53.9 Å². The fourth-order valence-electron chi connectivity index (χ4n) is 1.16. The summed E-state index contributed by atoms with van der Waals surface area (Å²) in [7, 11) is 0. The van der Waals surface area contributed by atoms with Crippen LogP contribution >= 0.6 is 0 Å².